The number of amides is 1. The summed E-state index contributed by atoms with van der Waals surface area (Å²) in [4.78, 5) is 22.0. The molecule has 4 N–H and O–H groups in total. The third kappa shape index (κ3) is 4.54. The Morgan fingerprint density at radius 2 is 2.04 bits per heavy atom. The van der Waals surface area contributed by atoms with Crippen LogP contribution in [0.3, 0.4) is 0 Å². The summed E-state index contributed by atoms with van der Waals surface area (Å²) in [5.74, 6) is 0.414. The van der Waals surface area contributed by atoms with Crippen molar-refractivity contribution >= 4 is 23.5 Å². The van der Waals surface area contributed by atoms with Gasteiger partial charge in [0.2, 0.25) is 5.95 Å². The predicted molar refractivity (Wildman–Crippen MR) is 88.2 cm³/mol. The zero-order chi connectivity index (χ0) is 16.8. The second-order valence-corrected chi connectivity index (χ2v) is 5.32. The van der Waals surface area contributed by atoms with Crippen molar-refractivity contribution in [1.29, 1.82) is 0 Å². The third-order valence-electron chi connectivity index (χ3n) is 3.04. The van der Waals surface area contributed by atoms with Crippen LogP contribution < -0.4 is 16.2 Å². The minimum absolute atomic E-state index is 0.190. The van der Waals surface area contributed by atoms with Gasteiger partial charge in [-0.15, -0.1) is 0 Å². The Hall–Kier alpha value is -2.38. The van der Waals surface area contributed by atoms with Gasteiger partial charge in [-0.25, -0.2) is 9.97 Å². The standard InChI is InChI=1S/C15H18ClN5O2/c1-21(9-10-7-19-15(18)20-8-10)14(22)12-6-11(16)2-3-13(12)23-5-4-17/h2-3,6-8H,4-5,9,17H2,1H3,(H2,18,19,20). The molecule has 1 aromatic carbocycles. The van der Waals surface area contributed by atoms with E-state index >= 15 is 0 Å². The average molecular weight is 336 g/mol. The smallest absolute Gasteiger partial charge is 0.257 e. The van der Waals surface area contributed by atoms with Gasteiger partial charge in [0.05, 0.1) is 5.56 Å². The summed E-state index contributed by atoms with van der Waals surface area (Å²) < 4.78 is 5.51. The lowest BCUT2D eigenvalue weighted by Crippen LogP contribution is -2.27. The van der Waals surface area contributed by atoms with E-state index in [0.717, 1.165) is 5.56 Å². The fourth-order valence-electron chi connectivity index (χ4n) is 1.96. The maximum Gasteiger partial charge on any atom is 0.257 e. The largest absolute Gasteiger partial charge is 0.491 e. The fraction of sp³-hybridized carbons (Fsp3) is 0.267. The molecule has 0 saturated carbocycles. The number of nitrogens with zero attached hydrogens (tertiary/aromatic N) is 3. The predicted octanol–water partition coefficient (Wildman–Crippen LogP) is 1.32. The Morgan fingerprint density at radius 3 is 2.70 bits per heavy atom. The molecule has 0 atom stereocenters. The van der Waals surface area contributed by atoms with Crippen LogP contribution in [0.15, 0.2) is 30.6 Å². The molecule has 8 heteroatoms. The molecule has 0 unspecified atom stereocenters. The van der Waals surface area contributed by atoms with Crippen LogP contribution in [0.5, 0.6) is 5.75 Å². The van der Waals surface area contributed by atoms with Crippen molar-refractivity contribution in [3.8, 4) is 5.75 Å². The Balaban J connectivity index is 2.17. The molecule has 0 spiro atoms. The Morgan fingerprint density at radius 1 is 1.35 bits per heavy atom. The molecule has 23 heavy (non-hydrogen) atoms. The van der Waals surface area contributed by atoms with Crippen LogP contribution in [0.4, 0.5) is 5.95 Å². The van der Waals surface area contributed by atoms with Crippen LogP contribution in [0.2, 0.25) is 5.02 Å². The van der Waals surface area contributed by atoms with E-state index in [9.17, 15) is 4.79 Å². The van der Waals surface area contributed by atoms with Crippen molar-refractivity contribution in [1.82, 2.24) is 14.9 Å². The van der Waals surface area contributed by atoms with Gasteiger partial charge in [0, 0.05) is 43.1 Å². The van der Waals surface area contributed by atoms with E-state index in [1.165, 1.54) is 4.90 Å². The molecule has 0 aliphatic carbocycles. The van der Waals surface area contributed by atoms with Crippen LogP contribution in [0.25, 0.3) is 0 Å². The molecule has 122 valence electrons. The zero-order valence-corrected chi connectivity index (χ0v) is 13.5. The van der Waals surface area contributed by atoms with Gasteiger partial charge in [-0.1, -0.05) is 11.6 Å². The molecule has 1 aromatic heterocycles. The van der Waals surface area contributed by atoms with Gasteiger partial charge in [-0.3, -0.25) is 4.79 Å². The van der Waals surface area contributed by atoms with E-state index in [1.807, 2.05) is 0 Å². The van der Waals surface area contributed by atoms with Crippen LogP contribution >= 0.6 is 11.6 Å². The van der Waals surface area contributed by atoms with Crippen molar-refractivity contribution in [3.63, 3.8) is 0 Å². The maximum atomic E-state index is 12.6. The monoisotopic (exact) mass is 335 g/mol. The molecule has 2 aromatic rings. The molecule has 2 rings (SSSR count). The van der Waals surface area contributed by atoms with Crippen molar-refractivity contribution < 1.29 is 9.53 Å². The molecular weight excluding hydrogens is 318 g/mol. The number of ether oxygens (including phenoxy) is 1. The fourth-order valence-corrected chi connectivity index (χ4v) is 2.13. The third-order valence-corrected chi connectivity index (χ3v) is 3.27. The first kappa shape index (κ1) is 17.0. The summed E-state index contributed by atoms with van der Waals surface area (Å²) in [5, 5.41) is 0.456. The number of hydrogen-bond acceptors (Lipinski definition) is 6. The number of carbonyl (C=O) groups excluding carboxylic acids is 1. The SMILES string of the molecule is CN(Cc1cnc(N)nc1)C(=O)c1cc(Cl)ccc1OCCN. The molecular formula is C15H18ClN5O2. The highest BCUT2D eigenvalue weighted by molar-refractivity contribution is 6.31. The van der Waals surface area contributed by atoms with Crippen LogP contribution in [-0.2, 0) is 6.54 Å². The maximum absolute atomic E-state index is 12.6. The number of anilines is 1. The lowest BCUT2D eigenvalue weighted by molar-refractivity contribution is 0.0780. The number of nitrogen functional groups attached to an aromatic ring is 1. The number of aromatic nitrogens is 2. The summed E-state index contributed by atoms with van der Waals surface area (Å²) in [5.41, 5.74) is 12.0. The minimum atomic E-state index is -0.226. The Labute approximate surface area is 139 Å². The number of halogens is 1. The number of rotatable bonds is 6. The molecule has 0 aliphatic rings. The zero-order valence-electron chi connectivity index (χ0n) is 12.7. The summed E-state index contributed by atoms with van der Waals surface area (Å²) in [6.07, 6.45) is 3.16. The van der Waals surface area contributed by atoms with E-state index in [0.29, 0.717) is 36.0 Å². The van der Waals surface area contributed by atoms with E-state index in [2.05, 4.69) is 9.97 Å². The highest BCUT2D eigenvalue weighted by Gasteiger charge is 2.18. The molecule has 0 fully saturated rings. The van der Waals surface area contributed by atoms with Gasteiger partial charge in [0.15, 0.2) is 0 Å². The summed E-state index contributed by atoms with van der Waals surface area (Å²) in [7, 11) is 1.67. The Bertz CT molecular complexity index is 678. The molecule has 0 bridgehead atoms. The summed E-state index contributed by atoms with van der Waals surface area (Å²) >= 11 is 5.99. The first-order chi connectivity index (χ1) is 11.0. The first-order valence-corrected chi connectivity index (χ1v) is 7.33. The highest BCUT2D eigenvalue weighted by atomic mass is 35.5. The van der Waals surface area contributed by atoms with Crippen molar-refractivity contribution in [2.45, 2.75) is 6.54 Å². The van der Waals surface area contributed by atoms with E-state index < -0.39 is 0 Å². The van der Waals surface area contributed by atoms with Gasteiger partial charge in [0.25, 0.3) is 5.91 Å². The Kier molecular flexibility index (Phi) is 5.72. The van der Waals surface area contributed by atoms with Crippen LogP contribution in [-0.4, -0.2) is 41.0 Å². The topological polar surface area (TPSA) is 107 Å². The van der Waals surface area contributed by atoms with Crippen molar-refractivity contribution in [2.75, 3.05) is 25.9 Å². The second kappa shape index (κ2) is 7.75. The van der Waals surface area contributed by atoms with E-state index in [1.54, 1.807) is 37.6 Å². The number of hydrogen-bond donors (Lipinski definition) is 2. The number of nitrogens with two attached hydrogens (primary N) is 2. The first-order valence-electron chi connectivity index (χ1n) is 6.95. The lowest BCUT2D eigenvalue weighted by atomic mass is 10.1. The number of carbonyl (C=O) groups is 1. The normalized spacial score (nSPS) is 10.4. The summed E-state index contributed by atoms with van der Waals surface area (Å²) in [6, 6.07) is 4.90. The van der Waals surface area contributed by atoms with Gasteiger partial charge in [-0.05, 0) is 18.2 Å². The second-order valence-electron chi connectivity index (χ2n) is 4.89. The van der Waals surface area contributed by atoms with Gasteiger partial charge >= 0.3 is 0 Å². The van der Waals surface area contributed by atoms with Crippen LogP contribution in [0, 0.1) is 0 Å². The van der Waals surface area contributed by atoms with Crippen molar-refractivity contribution in [2.24, 2.45) is 5.73 Å². The molecule has 1 amide bonds. The minimum Gasteiger partial charge on any atom is -0.491 e. The highest BCUT2D eigenvalue weighted by Crippen LogP contribution is 2.24. The molecule has 0 aliphatic heterocycles. The molecule has 7 nitrogen and oxygen atoms in total. The van der Waals surface area contributed by atoms with Gasteiger partial charge < -0.3 is 21.1 Å². The van der Waals surface area contributed by atoms with Gasteiger partial charge in [-0.2, -0.15) is 0 Å². The number of benzene rings is 1. The molecule has 0 radical (unpaired) electrons. The van der Waals surface area contributed by atoms with Crippen molar-refractivity contribution in [3.05, 3.63) is 46.7 Å². The average Bonchev–Trinajstić information content (AvgIpc) is 2.55. The van der Waals surface area contributed by atoms with E-state index in [4.69, 9.17) is 27.8 Å². The lowest BCUT2D eigenvalue weighted by Gasteiger charge is -2.19. The summed E-state index contributed by atoms with van der Waals surface area (Å²) in [6.45, 7) is 1.01. The molecule has 1 heterocycles. The molecule has 0 saturated heterocycles. The van der Waals surface area contributed by atoms with E-state index in [-0.39, 0.29) is 11.9 Å². The van der Waals surface area contributed by atoms with Gasteiger partial charge in [0.1, 0.15) is 12.4 Å². The quantitative estimate of drug-likeness (QED) is 0.824. The van der Waals surface area contributed by atoms with Crippen LogP contribution in [0.1, 0.15) is 15.9 Å².